The quantitative estimate of drug-likeness (QED) is 0.889. The average molecular weight is 251 g/mol. The molecule has 2 heterocycles. The summed E-state index contributed by atoms with van der Waals surface area (Å²) in [5, 5.41) is 3.35. The maximum Gasteiger partial charge on any atom is 0.226 e. The van der Waals surface area contributed by atoms with Crippen molar-refractivity contribution in [2.24, 2.45) is 0 Å². The second kappa shape index (κ2) is 5.10. The SMILES string of the molecule is CC(C)Oc1ccnc(NC2(C)CCOC2C)n1. The Hall–Kier alpha value is -1.36. The molecule has 0 aromatic carbocycles. The van der Waals surface area contributed by atoms with E-state index in [0.29, 0.717) is 11.8 Å². The van der Waals surface area contributed by atoms with Crippen molar-refractivity contribution in [3.63, 3.8) is 0 Å². The van der Waals surface area contributed by atoms with Gasteiger partial charge in [0.1, 0.15) is 0 Å². The highest BCUT2D eigenvalue weighted by Gasteiger charge is 2.37. The van der Waals surface area contributed by atoms with Crippen molar-refractivity contribution in [2.45, 2.75) is 51.9 Å². The fourth-order valence-corrected chi connectivity index (χ4v) is 1.96. The van der Waals surface area contributed by atoms with Crippen LogP contribution in [-0.4, -0.2) is 34.3 Å². The van der Waals surface area contributed by atoms with Gasteiger partial charge in [-0.2, -0.15) is 4.98 Å². The second-order valence-electron chi connectivity index (χ2n) is 5.19. The molecular formula is C13H21N3O2. The molecule has 5 nitrogen and oxygen atoms in total. The van der Waals surface area contributed by atoms with E-state index >= 15 is 0 Å². The topological polar surface area (TPSA) is 56.3 Å². The Bertz CT molecular complexity index is 411. The predicted molar refractivity (Wildman–Crippen MR) is 69.9 cm³/mol. The van der Waals surface area contributed by atoms with E-state index in [9.17, 15) is 0 Å². The van der Waals surface area contributed by atoms with E-state index in [-0.39, 0.29) is 17.7 Å². The maximum atomic E-state index is 5.59. The largest absolute Gasteiger partial charge is 0.475 e. The first-order valence-electron chi connectivity index (χ1n) is 6.39. The number of rotatable bonds is 4. The molecule has 1 aliphatic rings. The number of nitrogens with zero attached hydrogens (tertiary/aromatic N) is 2. The first kappa shape index (κ1) is 13.1. The molecule has 1 aliphatic heterocycles. The Morgan fingerprint density at radius 1 is 1.56 bits per heavy atom. The minimum Gasteiger partial charge on any atom is -0.475 e. The number of hydrogen-bond donors (Lipinski definition) is 1. The molecule has 100 valence electrons. The molecule has 2 unspecified atom stereocenters. The summed E-state index contributed by atoms with van der Waals surface area (Å²) in [5.41, 5.74) is -0.115. The molecule has 0 aliphatic carbocycles. The Morgan fingerprint density at radius 3 is 2.94 bits per heavy atom. The summed E-state index contributed by atoms with van der Waals surface area (Å²) in [5.74, 6) is 1.19. The van der Waals surface area contributed by atoms with Crippen LogP contribution in [0, 0.1) is 0 Å². The van der Waals surface area contributed by atoms with Crippen molar-refractivity contribution in [3.05, 3.63) is 12.3 Å². The molecule has 18 heavy (non-hydrogen) atoms. The second-order valence-corrected chi connectivity index (χ2v) is 5.19. The van der Waals surface area contributed by atoms with Gasteiger partial charge in [-0.15, -0.1) is 0 Å². The van der Waals surface area contributed by atoms with Crippen LogP contribution < -0.4 is 10.1 Å². The van der Waals surface area contributed by atoms with E-state index in [1.807, 2.05) is 13.8 Å². The van der Waals surface area contributed by atoms with Gasteiger partial charge in [-0.3, -0.25) is 0 Å². The van der Waals surface area contributed by atoms with Crippen LogP contribution in [0.15, 0.2) is 12.3 Å². The number of hydrogen-bond acceptors (Lipinski definition) is 5. The molecule has 5 heteroatoms. The van der Waals surface area contributed by atoms with E-state index in [1.165, 1.54) is 0 Å². The van der Waals surface area contributed by atoms with Gasteiger partial charge in [-0.25, -0.2) is 4.98 Å². The third kappa shape index (κ3) is 2.90. The van der Waals surface area contributed by atoms with Crippen molar-refractivity contribution < 1.29 is 9.47 Å². The molecule has 2 atom stereocenters. The smallest absolute Gasteiger partial charge is 0.226 e. The van der Waals surface area contributed by atoms with Gasteiger partial charge < -0.3 is 14.8 Å². The summed E-state index contributed by atoms with van der Waals surface area (Å²) in [6.45, 7) is 8.91. The Kier molecular flexibility index (Phi) is 3.71. The van der Waals surface area contributed by atoms with Gasteiger partial charge >= 0.3 is 0 Å². The number of nitrogens with one attached hydrogen (secondary N) is 1. The molecule has 0 saturated carbocycles. The van der Waals surface area contributed by atoms with Crippen molar-refractivity contribution in [1.29, 1.82) is 0 Å². The summed E-state index contributed by atoms with van der Waals surface area (Å²) in [4.78, 5) is 8.59. The van der Waals surface area contributed by atoms with Crippen molar-refractivity contribution in [3.8, 4) is 5.88 Å². The minimum atomic E-state index is -0.115. The predicted octanol–water partition coefficient (Wildman–Crippen LogP) is 2.24. The number of anilines is 1. The number of aromatic nitrogens is 2. The zero-order chi connectivity index (χ0) is 13.2. The number of ether oxygens (including phenoxy) is 2. The lowest BCUT2D eigenvalue weighted by Gasteiger charge is -2.28. The molecule has 0 spiro atoms. The van der Waals surface area contributed by atoms with Crippen LogP contribution in [0.2, 0.25) is 0 Å². The van der Waals surface area contributed by atoms with E-state index < -0.39 is 0 Å². The van der Waals surface area contributed by atoms with E-state index in [4.69, 9.17) is 9.47 Å². The van der Waals surface area contributed by atoms with Crippen LogP contribution in [0.5, 0.6) is 5.88 Å². The fraction of sp³-hybridized carbons (Fsp3) is 0.692. The Balaban J connectivity index is 2.09. The molecule has 2 rings (SSSR count). The molecule has 1 N–H and O–H groups in total. The van der Waals surface area contributed by atoms with Crippen LogP contribution in [-0.2, 0) is 4.74 Å². The van der Waals surface area contributed by atoms with Crippen LogP contribution >= 0.6 is 0 Å². The lowest BCUT2D eigenvalue weighted by molar-refractivity contribution is 0.105. The molecule has 1 fully saturated rings. The van der Waals surface area contributed by atoms with Gasteiger partial charge in [0.25, 0.3) is 0 Å². The van der Waals surface area contributed by atoms with E-state index in [0.717, 1.165) is 13.0 Å². The molecule has 1 aromatic heterocycles. The summed E-state index contributed by atoms with van der Waals surface area (Å²) < 4.78 is 11.1. The maximum absolute atomic E-state index is 5.59. The highest BCUT2D eigenvalue weighted by Crippen LogP contribution is 2.28. The van der Waals surface area contributed by atoms with Gasteiger partial charge in [0.15, 0.2) is 0 Å². The zero-order valence-electron chi connectivity index (χ0n) is 11.4. The zero-order valence-corrected chi connectivity index (χ0v) is 11.4. The van der Waals surface area contributed by atoms with Crippen LogP contribution in [0.25, 0.3) is 0 Å². The summed E-state index contributed by atoms with van der Waals surface area (Å²) >= 11 is 0. The highest BCUT2D eigenvalue weighted by molar-refractivity contribution is 5.32. The lowest BCUT2D eigenvalue weighted by atomic mass is 9.95. The van der Waals surface area contributed by atoms with Crippen LogP contribution in [0.3, 0.4) is 0 Å². The monoisotopic (exact) mass is 251 g/mol. The average Bonchev–Trinajstić information content (AvgIpc) is 2.58. The van der Waals surface area contributed by atoms with Gasteiger partial charge in [-0.1, -0.05) is 0 Å². The van der Waals surface area contributed by atoms with Gasteiger partial charge in [0, 0.05) is 18.9 Å². The van der Waals surface area contributed by atoms with Crippen LogP contribution in [0.4, 0.5) is 5.95 Å². The summed E-state index contributed by atoms with van der Waals surface area (Å²) in [6, 6.07) is 1.77. The van der Waals surface area contributed by atoms with E-state index in [1.54, 1.807) is 12.3 Å². The fourth-order valence-electron chi connectivity index (χ4n) is 1.96. The molecule has 1 aromatic rings. The molecule has 1 saturated heterocycles. The van der Waals surface area contributed by atoms with Gasteiger partial charge in [-0.05, 0) is 34.1 Å². The normalized spacial score (nSPS) is 27.5. The summed E-state index contributed by atoms with van der Waals surface area (Å²) in [6.07, 6.45) is 2.91. The molecule has 0 radical (unpaired) electrons. The first-order chi connectivity index (χ1) is 8.49. The van der Waals surface area contributed by atoms with E-state index in [2.05, 4.69) is 29.1 Å². The molecule has 0 bridgehead atoms. The van der Waals surface area contributed by atoms with Crippen molar-refractivity contribution in [2.75, 3.05) is 11.9 Å². The van der Waals surface area contributed by atoms with Gasteiger partial charge in [0.05, 0.1) is 17.7 Å². The Labute approximate surface area is 108 Å². The third-order valence-electron chi connectivity index (χ3n) is 3.27. The first-order valence-corrected chi connectivity index (χ1v) is 6.39. The highest BCUT2D eigenvalue weighted by atomic mass is 16.5. The standard InChI is InChI=1S/C13H21N3O2/c1-9(2)18-11-5-7-14-12(15-11)16-13(4)6-8-17-10(13)3/h5,7,9-10H,6,8H2,1-4H3,(H,14,15,16). The molecular weight excluding hydrogens is 230 g/mol. The minimum absolute atomic E-state index is 0.108. The Morgan fingerprint density at radius 2 is 2.33 bits per heavy atom. The van der Waals surface area contributed by atoms with Crippen LogP contribution in [0.1, 0.15) is 34.1 Å². The molecule has 0 amide bonds. The summed E-state index contributed by atoms with van der Waals surface area (Å²) in [7, 11) is 0. The van der Waals surface area contributed by atoms with Gasteiger partial charge in [0.2, 0.25) is 11.8 Å². The third-order valence-corrected chi connectivity index (χ3v) is 3.27. The lowest BCUT2D eigenvalue weighted by Crippen LogP contribution is -2.41. The van der Waals surface area contributed by atoms with Crippen molar-refractivity contribution in [1.82, 2.24) is 9.97 Å². The van der Waals surface area contributed by atoms with Crippen molar-refractivity contribution >= 4 is 5.95 Å².